The van der Waals surface area contributed by atoms with E-state index in [2.05, 4.69) is 6.92 Å². The lowest BCUT2D eigenvalue weighted by molar-refractivity contribution is -0.0735. The van der Waals surface area contributed by atoms with Crippen LogP contribution in [0.1, 0.15) is 38.7 Å². The van der Waals surface area contributed by atoms with Gasteiger partial charge in [0.2, 0.25) is 0 Å². The summed E-state index contributed by atoms with van der Waals surface area (Å²) in [6, 6.07) is 6.46. The van der Waals surface area contributed by atoms with E-state index in [1.165, 1.54) is 6.07 Å². The average molecular weight is 251 g/mol. The predicted octanol–water partition coefficient (Wildman–Crippen LogP) is 2.80. The molecule has 2 rings (SSSR count). The van der Waals surface area contributed by atoms with Crippen LogP contribution in [0.5, 0.6) is 0 Å². The molecule has 1 aliphatic rings. The molecule has 0 radical (unpaired) electrons. The van der Waals surface area contributed by atoms with E-state index in [0.29, 0.717) is 18.0 Å². The van der Waals surface area contributed by atoms with Crippen molar-refractivity contribution in [3.63, 3.8) is 0 Å². The van der Waals surface area contributed by atoms with Gasteiger partial charge in [-0.25, -0.2) is 4.39 Å². The van der Waals surface area contributed by atoms with Crippen molar-refractivity contribution in [2.45, 2.75) is 38.7 Å². The number of aliphatic hydroxyl groups is 1. The Kier molecular flexibility index (Phi) is 3.47. The quantitative estimate of drug-likeness (QED) is 0.867. The molecule has 0 aliphatic heterocycles. The standard InChI is InChI=1S/C15H22FNO/c1-11-7-8-15(9-11,10-17)14(2,18)12-5-3-4-6-13(12)16/h3-6,11,18H,7-10,17H2,1-2H3. The van der Waals surface area contributed by atoms with Gasteiger partial charge in [0.1, 0.15) is 5.82 Å². The zero-order valence-corrected chi connectivity index (χ0v) is 11.1. The Balaban J connectivity index is 2.44. The van der Waals surface area contributed by atoms with Crippen LogP contribution in [0.15, 0.2) is 24.3 Å². The summed E-state index contributed by atoms with van der Waals surface area (Å²) in [5.41, 5.74) is 4.67. The predicted molar refractivity (Wildman–Crippen MR) is 70.5 cm³/mol. The lowest BCUT2D eigenvalue weighted by atomic mass is 9.67. The van der Waals surface area contributed by atoms with E-state index in [0.717, 1.165) is 19.3 Å². The molecule has 0 saturated heterocycles. The number of rotatable bonds is 3. The summed E-state index contributed by atoms with van der Waals surface area (Å²) in [6.45, 7) is 4.25. The van der Waals surface area contributed by atoms with Crippen molar-refractivity contribution in [1.82, 2.24) is 0 Å². The number of hydrogen-bond acceptors (Lipinski definition) is 2. The van der Waals surface area contributed by atoms with Crippen LogP contribution < -0.4 is 5.73 Å². The van der Waals surface area contributed by atoms with Crippen molar-refractivity contribution in [3.05, 3.63) is 35.6 Å². The fourth-order valence-electron chi connectivity index (χ4n) is 3.36. The van der Waals surface area contributed by atoms with Crippen LogP contribution >= 0.6 is 0 Å². The Morgan fingerprint density at radius 3 is 2.67 bits per heavy atom. The first kappa shape index (κ1) is 13.5. The second-order valence-electron chi connectivity index (χ2n) is 5.88. The topological polar surface area (TPSA) is 46.2 Å². The smallest absolute Gasteiger partial charge is 0.129 e. The first-order valence-corrected chi connectivity index (χ1v) is 6.60. The molecule has 3 heteroatoms. The van der Waals surface area contributed by atoms with Crippen LogP contribution in [0.4, 0.5) is 4.39 Å². The summed E-state index contributed by atoms with van der Waals surface area (Å²) in [5, 5.41) is 10.9. The summed E-state index contributed by atoms with van der Waals surface area (Å²) in [5.74, 6) is 0.182. The lowest BCUT2D eigenvalue weighted by Gasteiger charge is -2.43. The molecule has 18 heavy (non-hydrogen) atoms. The molecule has 0 heterocycles. The Morgan fingerprint density at radius 2 is 2.17 bits per heavy atom. The van der Waals surface area contributed by atoms with Crippen LogP contribution in [0, 0.1) is 17.2 Å². The fourth-order valence-corrected chi connectivity index (χ4v) is 3.36. The largest absolute Gasteiger partial charge is 0.385 e. The van der Waals surface area contributed by atoms with Crippen molar-refractivity contribution in [3.8, 4) is 0 Å². The van der Waals surface area contributed by atoms with Crippen molar-refractivity contribution < 1.29 is 9.50 Å². The summed E-state index contributed by atoms with van der Waals surface area (Å²) < 4.78 is 13.9. The van der Waals surface area contributed by atoms with Crippen molar-refractivity contribution in [2.24, 2.45) is 17.1 Å². The Labute approximate surface area is 108 Å². The molecule has 3 N–H and O–H groups in total. The Bertz CT molecular complexity index is 432. The molecule has 1 aliphatic carbocycles. The minimum absolute atomic E-state index is 0.352. The van der Waals surface area contributed by atoms with E-state index in [1.54, 1.807) is 25.1 Å². The van der Waals surface area contributed by atoms with Gasteiger partial charge in [-0.2, -0.15) is 0 Å². The molecule has 1 aromatic rings. The van der Waals surface area contributed by atoms with E-state index in [4.69, 9.17) is 5.73 Å². The molecule has 2 nitrogen and oxygen atoms in total. The highest BCUT2D eigenvalue weighted by Gasteiger charge is 2.51. The van der Waals surface area contributed by atoms with Gasteiger partial charge in [0.15, 0.2) is 0 Å². The SMILES string of the molecule is CC1CCC(CN)(C(C)(O)c2ccccc2F)C1. The van der Waals surface area contributed by atoms with Gasteiger partial charge < -0.3 is 10.8 Å². The molecule has 3 atom stereocenters. The Morgan fingerprint density at radius 1 is 1.50 bits per heavy atom. The second kappa shape index (κ2) is 4.63. The normalized spacial score (nSPS) is 31.3. The van der Waals surface area contributed by atoms with Crippen LogP contribution in [-0.4, -0.2) is 11.7 Å². The van der Waals surface area contributed by atoms with Crippen LogP contribution in [-0.2, 0) is 5.60 Å². The highest BCUT2D eigenvalue weighted by atomic mass is 19.1. The molecule has 1 saturated carbocycles. The first-order chi connectivity index (χ1) is 8.43. The van der Waals surface area contributed by atoms with Gasteiger partial charge in [-0.05, 0) is 38.2 Å². The zero-order chi connectivity index (χ0) is 13.4. The molecular weight excluding hydrogens is 229 g/mol. The van der Waals surface area contributed by atoms with Crippen molar-refractivity contribution in [1.29, 1.82) is 0 Å². The van der Waals surface area contributed by atoms with Crippen molar-refractivity contribution in [2.75, 3.05) is 6.54 Å². The molecule has 0 amide bonds. The van der Waals surface area contributed by atoms with E-state index in [1.807, 2.05) is 0 Å². The molecular formula is C15H22FNO. The van der Waals surface area contributed by atoms with Gasteiger partial charge in [-0.15, -0.1) is 0 Å². The zero-order valence-electron chi connectivity index (χ0n) is 11.1. The van der Waals surface area contributed by atoms with Gasteiger partial charge in [0, 0.05) is 17.5 Å². The monoisotopic (exact) mass is 251 g/mol. The minimum atomic E-state index is -1.21. The maximum Gasteiger partial charge on any atom is 0.129 e. The Hall–Kier alpha value is -0.930. The lowest BCUT2D eigenvalue weighted by Crippen LogP contribution is -2.47. The summed E-state index contributed by atoms with van der Waals surface area (Å²) in [4.78, 5) is 0. The fraction of sp³-hybridized carbons (Fsp3) is 0.600. The summed E-state index contributed by atoms with van der Waals surface area (Å²) in [6.07, 6.45) is 2.75. The van der Waals surface area contributed by atoms with Crippen LogP contribution in [0.25, 0.3) is 0 Å². The van der Waals surface area contributed by atoms with Gasteiger partial charge in [-0.3, -0.25) is 0 Å². The highest BCUT2D eigenvalue weighted by Crippen LogP contribution is 2.52. The van der Waals surface area contributed by atoms with Gasteiger partial charge in [0.25, 0.3) is 0 Å². The van der Waals surface area contributed by atoms with Gasteiger partial charge >= 0.3 is 0 Å². The first-order valence-electron chi connectivity index (χ1n) is 6.60. The highest BCUT2D eigenvalue weighted by molar-refractivity contribution is 5.27. The molecule has 0 bridgehead atoms. The number of halogens is 1. The van der Waals surface area contributed by atoms with E-state index >= 15 is 0 Å². The maximum atomic E-state index is 13.9. The number of benzene rings is 1. The van der Waals surface area contributed by atoms with Crippen LogP contribution in [0.3, 0.4) is 0 Å². The molecule has 1 fully saturated rings. The molecule has 1 aromatic carbocycles. The van der Waals surface area contributed by atoms with Gasteiger partial charge in [-0.1, -0.05) is 25.1 Å². The maximum absolute atomic E-state index is 13.9. The van der Waals surface area contributed by atoms with E-state index < -0.39 is 11.0 Å². The second-order valence-corrected chi connectivity index (χ2v) is 5.88. The molecule has 0 aromatic heterocycles. The van der Waals surface area contributed by atoms with Crippen LogP contribution in [0.2, 0.25) is 0 Å². The molecule has 3 unspecified atom stereocenters. The number of nitrogens with two attached hydrogens (primary N) is 1. The van der Waals surface area contributed by atoms with E-state index in [-0.39, 0.29) is 5.82 Å². The average Bonchev–Trinajstić information content (AvgIpc) is 2.73. The minimum Gasteiger partial charge on any atom is -0.385 e. The summed E-state index contributed by atoms with van der Waals surface area (Å²) >= 11 is 0. The third-order valence-electron chi connectivity index (χ3n) is 4.68. The van der Waals surface area contributed by atoms with E-state index in [9.17, 15) is 9.50 Å². The van der Waals surface area contributed by atoms with Gasteiger partial charge in [0.05, 0.1) is 5.60 Å². The molecule has 0 spiro atoms. The number of hydrogen-bond donors (Lipinski definition) is 2. The van der Waals surface area contributed by atoms with Crippen molar-refractivity contribution >= 4 is 0 Å². The third-order valence-corrected chi connectivity index (χ3v) is 4.68. The molecule has 100 valence electrons. The summed E-state index contributed by atoms with van der Waals surface area (Å²) in [7, 11) is 0. The third kappa shape index (κ3) is 1.95.